The van der Waals surface area contributed by atoms with E-state index < -0.39 is 36.3 Å². The number of fused-ring (bicyclic) bond motifs is 1. The molecule has 1 heterocycles. The predicted octanol–water partition coefficient (Wildman–Crippen LogP) is 2.53. The van der Waals surface area contributed by atoms with E-state index in [1.807, 2.05) is 6.07 Å². The summed E-state index contributed by atoms with van der Waals surface area (Å²) in [7, 11) is 1.57. The normalized spacial score (nSPS) is 13.8. The molecule has 0 radical (unpaired) electrons. The van der Waals surface area contributed by atoms with Gasteiger partial charge in [0.2, 0.25) is 0 Å². The predicted molar refractivity (Wildman–Crippen MR) is 105 cm³/mol. The molecule has 150 valence electrons. The van der Waals surface area contributed by atoms with Crippen molar-refractivity contribution in [1.82, 2.24) is 9.80 Å². The summed E-state index contributed by atoms with van der Waals surface area (Å²) in [6, 6.07) is 12.3. The highest BCUT2D eigenvalue weighted by atomic mass is 35.5. The average Bonchev–Trinajstić information content (AvgIpc) is 2.96. The molecule has 1 aliphatic heterocycles. The van der Waals surface area contributed by atoms with Gasteiger partial charge < -0.3 is 9.64 Å². The molecule has 2 aromatic carbocycles. The van der Waals surface area contributed by atoms with Crippen LogP contribution in [0.15, 0.2) is 48.5 Å². The number of imide groups is 1. The lowest BCUT2D eigenvalue weighted by atomic mass is 10.1. The van der Waals surface area contributed by atoms with E-state index in [0.717, 1.165) is 10.5 Å². The molecule has 0 saturated heterocycles. The van der Waals surface area contributed by atoms with Crippen LogP contribution in [0, 0.1) is 0 Å². The van der Waals surface area contributed by atoms with Gasteiger partial charge in [0.1, 0.15) is 6.04 Å². The minimum Gasteiger partial charge on any atom is -0.454 e. The van der Waals surface area contributed by atoms with Crippen LogP contribution in [-0.4, -0.2) is 53.2 Å². The maximum Gasteiger partial charge on any atom is 0.329 e. The largest absolute Gasteiger partial charge is 0.454 e. The van der Waals surface area contributed by atoms with Crippen molar-refractivity contribution in [2.75, 3.05) is 13.7 Å². The zero-order valence-corrected chi connectivity index (χ0v) is 16.7. The molecule has 0 fully saturated rings. The van der Waals surface area contributed by atoms with Gasteiger partial charge in [0.25, 0.3) is 17.7 Å². The third kappa shape index (κ3) is 4.30. The van der Waals surface area contributed by atoms with Gasteiger partial charge in [0.05, 0.1) is 11.1 Å². The van der Waals surface area contributed by atoms with Crippen LogP contribution < -0.4 is 0 Å². The van der Waals surface area contributed by atoms with Crippen molar-refractivity contribution in [1.29, 1.82) is 0 Å². The van der Waals surface area contributed by atoms with Gasteiger partial charge in [0.15, 0.2) is 6.61 Å². The first kappa shape index (κ1) is 20.5. The van der Waals surface area contributed by atoms with Crippen molar-refractivity contribution in [2.45, 2.75) is 19.5 Å². The number of carbonyl (C=O) groups excluding carboxylic acids is 4. The lowest BCUT2D eigenvalue weighted by Gasteiger charge is -2.22. The van der Waals surface area contributed by atoms with Gasteiger partial charge in [-0.3, -0.25) is 19.3 Å². The van der Waals surface area contributed by atoms with Crippen LogP contribution in [-0.2, 0) is 20.9 Å². The number of ether oxygens (including phenoxy) is 1. The Morgan fingerprint density at radius 2 is 1.69 bits per heavy atom. The number of likely N-dealkylation sites (N-methyl/N-ethyl adjacent to an activating group) is 1. The number of rotatable bonds is 6. The Hall–Kier alpha value is -3.19. The van der Waals surface area contributed by atoms with Gasteiger partial charge in [-0.25, -0.2) is 4.79 Å². The topological polar surface area (TPSA) is 84.0 Å². The van der Waals surface area contributed by atoms with E-state index in [2.05, 4.69) is 0 Å². The SMILES string of the molecule is C[C@@H](C(=O)OCC(=O)N(C)Cc1cccc(Cl)c1)N1C(=O)c2ccccc2C1=O. The van der Waals surface area contributed by atoms with Crippen molar-refractivity contribution in [3.8, 4) is 0 Å². The first-order valence-electron chi connectivity index (χ1n) is 8.91. The number of benzene rings is 2. The van der Waals surface area contributed by atoms with Crippen LogP contribution in [0.5, 0.6) is 0 Å². The highest BCUT2D eigenvalue weighted by molar-refractivity contribution is 6.30. The van der Waals surface area contributed by atoms with Gasteiger partial charge in [-0.05, 0) is 36.8 Å². The molecule has 8 heteroatoms. The van der Waals surface area contributed by atoms with E-state index in [-0.39, 0.29) is 11.1 Å². The third-order valence-corrected chi connectivity index (χ3v) is 4.86. The molecular weight excluding hydrogens is 396 g/mol. The van der Waals surface area contributed by atoms with Crippen LogP contribution in [0.4, 0.5) is 0 Å². The van der Waals surface area contributed by atoms with Crippen LogP contribution in [0.1, 0.15) is 33.2 Å². The summed E-state index contributed by atoms with van der Waals surface area (Å²) >= 11 is 5.93. The van der Waals surface area contributed by atoms with Crippen molar-refractivity contribution in [2.24, 2.45) is 0 Å². The van der Waals surface area contributed by atoms with Crippen molar-refractivity contribution >= 4 is 35.3 Å². The first-order chi connectivity index (χ1) is 13.8. The Morgan fingerprint density at radius 3 is 2.28 bits per heavy atom. The number of carbonyl (C=O) groups is 4. The molecule has 0 saturated carbocycles. The minimum atomic E-state index is -1.14. The van der Waals surface area contributed by atoms with E-state index >= 15 is 0 Å². The zero-order valence-electron chi connectivity index (χ0n) is 15.9. The van der Waals surface area contributed by atoms with E-state index in [1.165, 1.54) is 24.0 Å². The molecule has 0 aliphatic carbocycles. The summed E-state index contributed by atoms with van der Waals surface area (Å²) in [4.78, 5) is 51.7. The third-order valence-electron chi connectivity index (χ3n) is 4.63. The lowest BCUT2D eigenvalue weighted by Crippen LogP contribution is -2.44. The summed E-state index contributed by atoms with van der Waals surface area (Å²) < 4.78 is 5.05. The molecule has 0 aromatic heterocycles. The molecule has 2 aromatic rings. The number of hydrogen-bond acceptors (Lipinski definition) is 5. The van der Waals surface area contributed by atoms with Crippen molar-refractivity contribution < 1.29 is 23.9 Å². The first-order valence-corrected chi connectivity index (χ1v) is 9.29. The highest BCUT2D eigenvalue weighted by Gasteiger charge is 2.41. The molecular formula is C21H19ClN2O5. The summed E-state index contributed by atoms with van der Waals surface area (Å²) in [6.07, 6.45) is 0. The van der Waals surface area contributed by atoms with Gasteiger partial charge >= 0.3 is 5.97 Å². The molecule has 0 spiro atoms. The monoisotopic (exact) mass is 414 g/mol. The summed E-state index contributed by atoms with van der Waals surface area (Å²) in [5.41, 5.74) is 1.32. The Morgan fingerprint density at radius 1 is 1.07 bits per heavy atom. The standard InChI is InChI=1S/C21H19ClN2O5/c1-13(24-19(26)16-8-3-4-9-17(16)20(24)27)21(28)29-12-18(25)23(2)11-14-6-5-7-15(22)10-14/h3-10,13H,11-12H2,1-2H3/t13-/m0/s1. The van der Waals surface area contributed by atoms with E-state index in [4.69, 9.17) is 16.3 Å². The number of hydrogen-bond donors (Lipinski definition) is 0. The van der Waals surface area contributed by atoms with E-state index in [0.29, 0.717) is 11.6 Å². The second kappa shape index (κ2) is 8.45. The Bertz CT molecular complexity index is 956. The second-order valence-corrected chi connectivity index (χ2v) is 7.13. The summed E-state index contributed by atoms with van der Waals surface area (Å²) in [5.74, 6) is -2.36. The highest BCUT2D eigenvalue weighted by Crippen LogP contribution is 2.24. The molecule has 1 aliphatic rings. The lowest BCUT2D eigenvalue weighted by molar-refractivity contribution is -0.154. The van der Waals surface area contributed by atoms with Crippen molar-refractivity contribution in [3.05, 3.63) is 70.2 Å². The number of halogens is 1. The molecule has 0 N–H and O–H groups in total. The minimum absolute atomic E-state index is 0.245. The molecule has 1 atom stereocenters. The molecule has 3 rings (SSSR count). The van der Waals surface area contributed by atoms with Crippen LogP contribution in [0.25, 0.3) is 0 Å². The number of nitrogens with zero attached hydrogens (tertiary/aromatic N) is 2. The fourth-order valence-electron chi connectivity index (χ4n) is 3.03. The molecule has 0 unspecified atom stereocenters. The maximum absolute atomic E-state index is 12.4. The van der Waals surface area contributed by atoms with Crippen molar-refractivity contribution in [3.63, 3.8) is 0 Å². The average molecular weight is 415 g/mol. The van der Waals surface area contributed by atoms with Crippen LogP contribution in [0.3, 0.4) is 0 Å². The number of esters is 1. The van der Waals surface area contributed by atoms with E-state index in [9.17, 15) is 19.2 Å². The number of amides is 3. The zero-order chi connectivity index (χ0) is 21.1. The Kier molecular flexibility index (Phi) is 5.98. The smallest absolute Gasteiger partial charge is 0.329 e. The van der Waals surface area contributed by atoms with E-state index in [1.54, 1.807) is 37.4 Å². The molecule has 7 nitrogen and oxygen atoms in total. The fraction of sp³-hybridized carbons (Fsp3) is 0.238. The van der Waals surface area contributed by atoms with Gasteiger partial charge in [-0.1, -0.05) is 35.9 Å². The Labute approximate surface area is 172 Å². The van der Waals surface area contributed by atoms with Crippen LogP contribution >= 0.6 is 11.6 Å². The second-order valence-electron chi connectivity index (χ2n) is 6.69. The molecule has 0 bridgehead atoms. The Balaban J connectivity index is 1.57. The summed E-state index contributed by atoms with van der Waals surface area (Å²) in [6.45, 7) is 1.19. The quantitative estimate of drug-likeness (QED) is 0.535. The summed E-state index contributed by atoms with van der Waals surface area (Å²) in [5, 5.41) is 0.560. The molecule has 29 heavy (non-hydrogen) atoms. The van der Waals surface area contributed by atoms with Gasteiger partial charge in [-0.15, -0.1) is 0 Å². The molecule has 3 amide bonds. The van der Waals surface area contributed by atoms with Crippen LogP contribution in [0.2, 0.25) is 5.02 Å². The fourth-order valence-corrected chi connectivity index (χ4v) is 3.24. The maximum atomic E-state index is 12.4. The van der Waals surface area contributed by atoms with Gasteiger partial charge in [-0.2, -0.15) is 0 Å². The van der Waals surface area contributed by atoms with Gasteiger partial charge in [0, 0.05) is 18.6 Å².